The van der Waals surface area contributed by atoms with E-state index in [-0.39, 0.29) is 18.5 Å². The van der Waals surface area contributed by atoms with Gasteiger partial charge in [-0.25, -0.2) is 14.4 Å². The van der Waals surface area contributed by atoms with Crippen molar-refractivity contribution in [2.24, 2.45) is 0 Å². The van der Waals surface area contributed by atoms with Crippen LogP contribution in [-0.2, 0) is 27.9 Å². The molecule has 29 heavy (non-hydrogen) atoms. The molecule has 1 aromatic rings. The predicted molar refractivity (Wildman–Crippen MR) is 103 cm³/mol. The summed E-state index contributed by atoms with van der Waals surface area (Å²) in [6.07, 6.45) is -1.45. The largest absolute Gasteiger partial charge is 0.462 e. The number of carbonyl (C=O) groups excluding carboxylic acids is 1. The molecule has 0 bridgehead atoms. The summed E-state index contributed by atoms with van der Waals surface area (Å²) >= 11 is 6.68. The first-order valence-electron chi connectivity index (χ1n) is 9.03. The van der Waals surface area contributed by atoms with E-state index in [4.69, 9.17) is 35.9 Å². The molecule has 1 aromatic heterocycles. The van der Waals surface area contributed by atoms with Crippen LogP contribution in [0.4, 0.5) is 5.82 Å². The lowest BCUT2D eigenvalue weighted by Crippen LogP contribution is -2.47. The molecule has 3 N–H and O–H groups in total. The van der Waals surface area contributed by atoms with Crippen molar-refractivity contribution < 1.29 is 27.9 Å². The van der Waals surface area contributed by atoms with Crippen molar-refractivity contribution in [2.45, 2.75) is 63.2 Å². The van der Waals surface area contributed by atoms with Gasteiger partial charge in [0.1, 0.15) is 28.9 Å². The van der Waals surface area contributed by atoms with Crippen LogP contribution >= 0.6 is 19.3 Å². The second kappa shape index (κ2) is 7.98. The van der Waals surface area contributed by atoms with Crippen LogP contribution in [0.5, 0.6) is 0 Å². The Balaban J connectivity index is 1.78. The molecule has 0 amide bonds. The molecule has 0 saturated carbocycles. The minimum absolute atomic E-state index is 0.0634. The predicted octanol–water partition coefficient (Wildman–Crippen LogP) is 1.17. The van der Waals surface area contributed by atoms with Crippen molar-refractivity contribution in [1.82, 2.24) is 14.6 Å². The summed E-state index contributed by atoms with van der Waals surface area (Å²) in [7, 11) is -3.89. The lowest BCUT2D eigenvalue weighted by atomic mass is 10.0. The third-order valence-corrected chi connectivity index (χ3v) is 6.60. The highest BCUT2D eigenvalue weighted by molar-refractivity contribution is 7.51. The Morgan fingerprint density at radius 1 is 1.52 bits per heavy atom. The number of hydrogen-bond donors (Lipinski definition) is 2. The fourth-order valence-electron chi connectivity index (χ4n) is 3.16. The molecule has 2 fully saturated rings. The Morgan fingerprint density at radius 2 is 2.21 bits per heavy atom. The van der Waals surface area contributed by atoms with Gasteiger partial charge in [-0.15, -0.1) is 11.6 Å². The van der Waals surface area contributed by atoms with E-state index < -0.39 is 48.8 Å². The van der Waals surface area contributed by atoms with Gasteiger partial charge in [-0.2, -0.15) is 4.98 Å². The number of carbonyl (C=O) groups is 1. The molecule has 2 saturated heterocycles. The van der Waals surface area contributed by atoms with Crippen molar-refractivity contribution in [2.75, 3.05) is 12.3 Å². The molecule has 162 valence electrons. The number of alkyl halides is 1. The smallest absolute Gasteiger partial charge is 0.406 e. The number of rotatable bonds is 5. The molecule has 0 spiro atoms. The van der Waals surface area contributed by atoms with E-state index in [1.807, 2.05) is 0 Å². The van der Waals surface area contributed by atoms with Gasteiger partial charge in [-0.1, -0.05) is 0 Å². The topological polar surface area (TPSA) is 144 Å². The van der Waals surface area contributed by atoms with Crippen LogP contribution < -0.4 is 16.5 Å². The first kappa shape index (κ1) is 22.2. The van der Waals surface area contributed by atoms with Crippen molar-refractivity contribution in [3.8, 4) is 0 Å². The van der Waals surface area contributed by atoms with Gasteiger partial charge in [0.2, 0.25) is 0 Å². The zero-order valence-electron chi connectivity index (χ0n) is 16.4. The second-order valence-corrected chi connectivity index (χ2v) is 9.91. The molecule has 0 aromatic carbocycles. The molecule has 2 aliphatic heterocycles. The zero-order chi connectivity index (χ0) is 21.6. The SMILES string of the molecule is CC(C)OC(=O)[C@@H](C)N[P@]1(=O)OC[C@H]2O[C@@H](n3ccc(N)nc3=O)[C@](C)(Cl)[C@@H]2O1. The number of halogens is 1. The molecular formula is C16H24ClN4O7P. The Hall–Kier alpha value is -1.49. The summed E-state index contributed by atoms with van der Waals surface area (Å²) in [6.45, 7) is 6.37. The summed E-state index contributed by atoms with van der Waals surface area (Å²) in [6, 6.07) is 0.495. The highest BCUT2D eigenvalue weighted by Crippen LogP contribution is 2.57. The molecule has 0 unspecified atom stereocenters. The minimum atomic E-state index is -3.89. The molecule has 0 radical (unpaired) electrons. The van der Waals surface area contributed by atoms with Crippen LogP contribution in [0.2, 0.25) is 0 Å². The summed E-state index contributed by atoms with van der Waals surface area (Å²) < 4.78 is 36.2. The van der Waals surface area contributed by atoms with Gasteiger partial charge < -0.3 is 15.2 Å². The molecular weight excluding hydrogens is 427 g/mol. The number of fused-ring (bicyclic) bond motifs is 1. The average molecular weight is 451 g/mol. The van der Waals surface area contributed by atoms with Crippen LogP contribution in [-0.4, -0.2) is 51.4 Å². The minimum Gasteiger partial charge on any atom is -0.462 e. The number of ether oxygens (including phenoxy) is 2. The monoisotopic (exact) mass is 450 g/mol. The number of anilines is 1. The number of hydrogen-bond acceptors (Lipinski definition) is 9. The summed E-state index contributed by atoms with van der Waals surface area (Å²) in [4.78, 5) is 26.6. The van der Waals surface area contributed by atoms with Gasteiger partial charge >= 0.3 is 19.4 Å². The van der Waals surface area contributed by atoms with Crippen LogP contribution in [0.1, 0.15) is 33.9 Å². The van der Waals surface area contributed by atoms with Gasteiger partial charge in [0.15, 0.2) is 6.23 Å². The number of nitrogens with one attached hydrogen (secondary N) is 1. The lowest BCUT2D eigenvalue weighted by molar-refractivity contribution is -0.149. The Labute approximate surface area is 172 Å². The second-order valence-electron chi connectivity index (χ2n) is 7.38. The molecule has 3 rings (SSSR count). The number of nitrogens with two attached hydrogens (primary N) is 1. The third-order valence-electron chi connectivity index (χ3n) is 4.50. The van der Waals surface area contributed by atoms with Gasteiger partial charge in [-0.05, 0) is 33.8 Å². The first-order valence-corrected chi connectivity index (χ1v) is 11.0. The number of aromatic nitrogens is 2. The van der Waals surface area contributed by atoms with Gasteiger partial charge in [0.05, 0.1) is 12.7 Å². The number of esters is 1. The molecule has 2 aliphatic rings. The Morgan fingerprint density at radius 3 is 2.83 bits per heavy atom. The zero-order valence-corrected chi connectivity index (χ0v) is 18.1. The third kappa shape index (κ3) is 4.50. The van der Waals surface area contributed by atoms with E-state index >= 15 is 0 Å². The van der Waals surface area contributed by atoms with Crippen molar-refractivity contribution in [1.29, 1.82) is 0 Å². The quantitative estimate of drug-likeness (QED) is 0.381. The maximum absolute atomic E-state index is 13.0. The molecule has 3 heterocycles. The van der Waals surface area contributed by atoms with E-state index in [1.165, 1.54) is 23.8 Å². The van der Waals surface area contributed by atoms with Gasteiger partial charge in [0, 0.05) is 6.20 Å². The number of nitrogens with zero attached hydrogens (tertiary/aromatic N) is 2. The van der Waals surface area contributed by atoms with Crippen molar-refractivity contribution in [3.05, 3.63) is 22.7 Å². The van der Waals surface area contributed by atoms with E-state index in [2.05, 4.69) is 10.1 Å². The van der Waals surface area contributed by atoms with E-state index in [0.717, 1.165) is 0 Å². The average Bonchev–Trinajstić information content (AvgIpc) is 2.85. The summed E-state index contributed by atoms with van der Waals surface area (Å²) in [5.41, 5.74) is 4.88. The van der Waals surface area contributed by atoms with Gasteiger partial charge in [0.25, 0.3) is 0 Å². The first-order chi connectivity index (χ1) is 13.4. The van der Waals surface area contributed by atoms with Crippen molar-refractivity contribution in [3.63, 3.8) is 0 Å². The molecule has 6 atom stereocenters. The highest BCUT2D eigenvalue weighted by Gasteiger charge is 2.60. The van der Waals surface area contributed by atoms with E-state index in [1.54, 1.807) is 20.8 Å². The van der Waals surface area contributed by atoms with Gasteiger partial charge in [-0.3, -0.25) is 18.4 Å². The maximum Gasteiger partial charge on any atom is 0.406 e. The fourth-order valence-corrected chi connectivity index (χ4v) is 5.33. The number of nitrogen functional groups attached to an aromatic ring is 1. The fraction of sp³-hybridized carbons (Fsp3) is 0.688. The Bertz CT molecular complexity index is 892. The Kier molecular flexibility index (Phi) is 6.11. The maximum atomic E-state index is 13.0. The normalized spacial score (nSPS) is 35.3. The summed E-state index contributed by atoms with van der Waals surface area (Å²) in [5, 5.41) is 2.55. The molecule has 11 nitrogen and oxygen atoms in total. The van der Waals surface area contributed by atoms with Crippen LogP contribution in [0.15, 0.2) is 17.1 Å². The lowest BCUT2D eigenvalue weighted by Gasteiger charge is -2.36. The van der Waals surface area contributed by atoms with Crippen LogP contribution in [0.3, 0.4) is 0 Å². The standard InChI is InChI=1S/C16H24ClN4O7P/c1-8(2)26-13(22)9(3)20-29(24)25-7-10-12(28-29)16(4,17)14(27-10)21-6-5-11(18)19-15(21)23/h5-6,8-10,12,14H,7H2,1-4H3,(H,20,24)(H2,18,19,23)/t9-,10-,12-,14-,16-,29+/m1/s1. The van der Waals surface area contributed by atoms with Crippen LogP contribution in [0.25, 0.3) is 0 Å². The van der Waals surface area contributed by atoms with Crippen LogP contribution in [0, 0.1) is 0 Å². The highest BCUT2D eigenvalue weighted by atomic mass is 35.5. The van der Waals surface area contributed by atoms with Crippen molar-refractivity contribution >= 4 is 31.1 Å². The van der Waals surface area contributed by atoms with E-state index in [9.17, 15) is 14.2 Å². The molecule has 0 aliphatic carbocycles. The van der Waals surface area contributed by atoms with E-state index in [0.29, 0.717) is 0 Å². The molecule has 13 heteroatoms. The summed E-state index contributed by atoms with van der Waals surface area (Å²) in [5.74, 6) is -0.535.